The summed E-state index contributed by atoms with van der Waals surface area (Å²) in [5, 5.41) is 14.0. The average Bonchev–Trinajstić information content (AvgIpc) is 2.35. The molecule has 0 saturated heterocycles. The summed E-state index contributed by atoms with van der Waals surface area (Å²) in [6.45, 7) is 1.74. The van der Waals surface area contributed by atoms with E-state index in [-0.39, 0.29) is 21.8 Å². The lowest BCUT2D eigenvalue weighted by molar-refractivity contribution is -0.384. The van der Waals surface area contributed by atoms with Gasteiger partial charge >= 0.3 is 0 Å². The summed E-state index contributed by atoms with van der Waals surface area (Å²) in [4.78, 5) is 18.1. The topological polar surface area (TPSA) is 81.0 Å². The minimum Gasteiger partial charge on any atom is -0.333 e. The van der Waals surface area contributed by atoms with E-state index < -0.39 is 4.92 Å². The zero-order valence-electron chi connectivity index (χ0n) is 9.72. The molecular formula is C11H8Cl2N4O2. The Morgan fingerprint density at radius 3 is 2.79 bits per heavy atom. The first kappa shape index (κ1) is 13.5. The molecule has 98 valence electrons. The number of nitro groups is 1. The second-order valence-electron chi connectivity index (χ2n) is 3.69. The molecule has 0 atom stereocenters. The van der Waals surface area contributed by atoms with E-state index in [1.54, 1.807) is 19.1 Å². The van der Waals surface area contributed by atoms with Gasteiger partial charge < -0.3 is 5.32 Å². The Bertz CT molecular complexity index is 649. The second-order valence-corrected chi connectivity index (χ2v) is 4.43. The third-order valence-corrected chi connectivity index (χ3v) is 2.86. The number of benzene rings is 1. The predicted octanol–water partition coefficient (Wildman–Crippen LogP) is 3.74. The van der Waals surface area contributed by atoms with Crippen LogP contribution in [0, 0.1) is 17.0 Å². The molecule has 19 heavy (non-hydrogen) atoms. The number of nitrogens with zero attached hydrogens (tertiary/aromatic N) is 3. The minimum atomic E-state index is -0.480. The molecule has 0 radical (unpaired) electrons. The van der Waals surface area contributed by atoms with E-state index in [9.17, 15) is 10.1 Å². The van der Waals surface area contributed by atoms with Crippen LogP contribution in [0.4, 0.5) is 17.2 Å². The number of nitro benzene ring substituents is 1. The highest BCUT2D eigenvalue weighted by Gasteiger charge is 2.17. The number of hydrogen-bond donors (Lipinski definition) is 1. The molecular weight excluding hydrogens is 291 g/mol. The fourth-order valence-electron chi connectivity index (χ4n) is 1.52. The number of nitrogens with one attached hydrogen (secondary N) is 1. The summed E-state index contributed by atoms with van der Waals surface area (Å²) in [6.07, 6.45) is 1.32. The Balaban J connectivity index is 2.49. The molecule has 0 spiro atoms. The normalized spacial score (nSPS) is 10.3. The van der Waals surface area contributed by atoms with Crippen molar-refractivity contribution in [3.8, 4) is 0 Å². The molecule has 0 aliphatic rings. The van der Waals surface area contributed by atoms with Gasteiger partial charge in [-0.15, -0.1) is 0 Å². The molecule has 0 fully saturated rings. The van der Waals surface area contributed by atoms with Crippen LogP contribution in [0.1, 0.15) is 5.56 Å². The number of para-hydroxylation sites is 1. The van der Waals surface area contributed by atoms with Crippen LogP contribution in [-0.4, -0.2) is 14.9 Å². The lowest BCUT2D eigenvalue weighted by Crippen LogP contribution is -2.01. The van der Waals surface area contributed by atoms with Crippen molar-refractivity contribution in [2.75, 3.05) is 5.32 Å². The van der Waals surface area contributed by atoms with Crippen LogP contribution in [0.3, 0.4) is 0 Å². The molecule has 0 unspecified atom stereocenters. The van der Waals surface area contributed by atoms with E-state index in [4.69, 9.17) is 23.2 Å². The number of hydrogen-bond acceptors (Lipinski definition) is 5. The Labute approximate surface area is 118 Å². The lowest BCUT2D eigenvalue weighted by Gasteiger charge is -2.10. The van der Waals surface area contributed by atoms with Gasteiger partial charge in [0.1, 0.15) is 10.7 Å². The van der Waals surface area contributed by atoms with E-state index in [0.717, 1.165) is 0 Å². The fraction of sp³-hybridized carbons (Fsp3) is 0.0909. The standard InChI is InChI=1S/C11H8Cl2N4O2/c1-6-3-2-4-8(17(18)19)9(6)15-10-7(12)5-14-11(13)16-10/h2-5H,1H3,(H,14,15,16). The Morgan fingerprint density at radius 2 is 2.11 bits per heavy atom. The van der Waals surface area contributed by atoms with Gasteiger partial charge in [-0.05, 0) is 24.1 Å². The van der Waals surface area contributed by atoms with E-state index in [2.05, 4.69) is 15.3 Å². The van der Waals surface area contributed by atoms with Gasteiger partial charge in [-0.3, -0.25) is 10.1 Å². The molecule has 0 amide bonds. The summed E-state index contributed by atoms with van der Waals surface area (Å²) in [6, 6.07) is 4.74. The zero-order chi connectivity index (χ0) is 14.0. The van der Waals surface area contributed by atoms with Gasteiger partial charge in [-0.2, -0.15) is 4.98 Å². The van der Waals surface area contributed by atoms with Gasteiger partial charge in [-0.1, -0.05) is 23.7 Å². The van der Waals surface area contributed by atoms with Crippen molar-refractivity contribution in [2.24, 2.45) is 0 Å². The van der Waals surface area contributed by atoms with Gasteiger partial charge in [-0.25, -0.2) is 4.98 Å². The van der Waals surface area contributed by atoms with Crippen LogP contribution >= 0.6 is 23.2 Å². The molecule has 0 bridgehead atoms. The third kappa shape index (κ3) is 2.91. The summed E-state index contributed by atoms with van der Waals surface area (Å²) < 4.78 is 0. The molecule has 1 N–H and O–H groups in total. The number of rotatable bonds is 3. The number of aryl methyl sites for hydroxylation is 1. The van der Waals surface area contributed by atoms with Gasteiger partial charge in [0, 0.05) is 6.07 Å². The monoisotopic (exact) mass is 298 g/mol. The number of aromatic nitrogens is 2. The Kier molecular flexibility index (Phi) is 3.82. The molecule has 6 nitrogen and oxygen atoms in total. The van der Waals surface area contributed by atoms with Crippen LogP contribution in [0.25, 0.3) is 0 Å². The first-order valence-corrected chi connectivity index (χ1v) is 5.93. The van der Waals surface area contributed by atoms with E-state index >= 15 is 0 Å². The summed E-state index contributed by atoms with van der Waals surface area (Å²) in [5.74, 6) is 0.221. The van der Waals surface area contributed by atoms with Crippen LogP contribution in [0.2, 0.25) is 10.3 Å². The van der Waals surface area contributed by atoms with Gasteiger partial charge in [0.2, 0.25) is 5.28 Å². The predicted molar refractivity (Wildman–Crippen MR) is 73.2 cm³/mol. The number of halogens is 2. The quantitative estimate of drug-likeness (QED) is 0.530. The second kappa shape index (κ2) is 5.38. The molecule has 1 heterocycles. The van der Waals surface area contributed by atoms with Crippen molar-refractivity contribution < 1.29 is 4.92 Å². The minimum absolute atomic E-state index is 0.00290. The van der Waals surface area contributed by atoms with E-state index in [0.29, 0.717) is 11.3 Å². The van der Waals surface area contributed by atoms with Crippen LogP contribution in [-0.2, 0) is 0 Å². The highest BCUT2D eigenvalue weighted by atomic mass is 35.5. The van der Waals surface area contributed by atoms with Crippen molar-refractivity contribution in [3.63, 3.8) is 0 Å². The van der Waals surface area contributed by atoms with E-state index in [1.807, 2.05) is 0 Å². The lowest BCUT2D eigenvalue weighted by atomic mass is 10.1. The maximum absolute atomic E-state index is 11.0. The maximum Gasteiger partial charge on any atom is 0.292 e. The van der Waals surface area contributed by atoms with Crippen molar-refractivity contribution in [3.05, 3.63) is 50.4 Å². The average molecular weight is 299 g/mol. The molecule has 1 aromatic heterocycles. The zero-order valence-corrected chi connectivity index (χ0v) is 11.2. The first-order chi connectivity index (χ1) is 8.99. The van der Waals surface area contributed by atoms with Gasteiger partial charge in [0.05, 0.1) is 11.1 Å². The molecule has 1 aromatic carbocycles. The SMILES string of the molecule is Cc1cccc([N+](=O)[O-])c1Nc1nc(Cl)ncc1Cl. The molecule has 2 aromatic rings. The first-order valence-electron chi connectivity index (χ1n) is 5.18. The maximum atomic E-state index is 11.0. The van der Waals surface area contributed by atoms with E-state index in [1.165, 1.54) is 12.3 Å². The largest absolute Gasteiger partial charge is 0.333 e. The highest BCUT2D eigenvalue weighted by molar-refractivity contribution is 6.33. The number of anilines is 2. The van der Waals surface area contributed by atoms with Crippen LogP contribution in [0.15, 0.2) is 24.4 Å². The summed E-state index contributed by atoms with van der Waals surface area (Å²) >= 11 is 11.6. The molecule has 2 rings (SSSR count). The smallest absolute Gasteiger partial charge is 0.292 e. The fourth-order valence-corrected chi connectivity index (χ4v) is 1.79. The molecule has 0 aliphatic carbocycles. The summed E-state index contributed by atoms with van der Waals surface area (Å²) in [5.41, 5.74) is 0.954. The Morgan fingerprint density at radius 1 is 1.37 bits per heavy atom. The van der Waals surface area contributed by atoms with Crippen LogP contribution in [0.5, 0.6) is 0 Å². The Hall–Kier alpha value is -1.92. The van der Waals surface area contributed by atoms with Gasteiger partial charge in [0.25, 0.3) is 5.69 Å². The highest BCUT2D eigenvalue weighted by Crippen LogP contribution is 2.32. The molecule has 0 saturated carbocycles. The third-order valence-electron chi connectivity index (χ3n) is 2.41. The van der Waals surface area contributed by atoms with Crippen LogP contribution < -0.4 is 5.32 Å². The van der Waals surface area contributed by atoms with Crippen molar-refractivity contribution >= 4 is 40.4 Å². The molecule has 0 aliphatic heterocycles. The summed E-state index contributed by atoms with van der Waals surface area (Å²) in [7, 11) is 0. The van der Waals surface area contributed by atoms with Crippen molar-refractivity contribution in [1.29, 1.82) is 0 Å². The molecule has 8 heteroatoms. The van der Waals surface area contributed by atoms with Gasteiger partial charge in [0.15, 0.2) is 5.82 Å². The van der Waals surface area contributed by atoms with Crippen molar-refractivity contribution in [1.82, 2.24) is 9.97 Å². The van der Waals surface area contributed by atoms with Crippen molar-refractivity contribution in [2.45, 2.75) is 6.92 Å².